The zero-order valence-corrected chi connectivity index (χ0v) is 15.6. The third-order valence-electron chi connectivity index (χ3n) is 4.73. The van der Waals surface area contributed by atoms with Crippen molar-refractivity contribution in [2.75, 3.05) is 39.3 Å². The maximum absolute atomic E-state index is 12.3. The first-order chi connectivity index (χ1) is 11.7. The van der Waals surface area contributed by atoms with Crippen molar-refractivity contribution in [1.29, 1.82) is 0 Å². The second kappa shape index (κ2) is 9.79. The average Bonchev–Trinajstić information content (AvgIpc) is 3.16. The number of thiophene rings is 1. The van der Waals surface area contributed by atoms with Crippen molar-refractivity contribution >= 4 is 23.2 Å². The van der Waals surface area contributed by atoms with Crippen LogP contribution in [0.15, 0.2) is 17.5 Å². The standard InChI is InChI=1S/C18H29N3O2S/c1-3-20(4-2)11-6-10-19-17(22)15-8-12-21(13-9-15)18(23)16-7-5-14-24-16/h5,7,14-15H,3-4,6,8-13H2,1-2H3,(H,19,22). The van der Waals surface area contributed by atoms with Crippen molar-refractivity contribution in [3.05, 3.63) is 22.4 Å². The van der Waals surface area contributed by atoms with Gasteiger partial charge in [-0.05, 0) is 50.3 Å². The average molecular weight is 352 g/mol. The minimum absolute atomic E-state index is 0.0471. The van der Waals surface area contributed by atoms with Crippen LogP contribution < -0.4 is 5.32 Å². The SMILES string of the molecule is CCN(CC)CCCNC(=O)C1CCN(C(=O)c2cccs2)CC1. The van der Waals surface area contributed by atoms with Crippen LogP contribution >= 0.6 is 11.3 Å². The normalized spacial score (nSPS) is 15.7. The van der Waals surface area contributed by atoms with E-state index in [-0.39, 0.29) is 17.7 Å². The molecular formula is C18H29N3O2S. The molecule has 1 fully saturated rings. The molecule has 0 atom stereocenters. The molecule has 0 radical (unpaired) electrons. The molecule has 2 heterocycles. The van der Waals surface area contributed by atoms with E-state index >= 15 is 0 Å². The molecule has 0 aliphatic carbocycles. The summed E-state index contributed by atoms with van der Waals surface area (Å²) in [4.78, 5) is 29.6. The van der Waals surface area contributed by atoms with E-state index in [1.165, 1.54) is 11.3 Å². The molecule has 134 valence electrons. The lowest BCUT2D eigenvalue weighted by atomic mass is 9.95. The Morgan fingerprint density at radius 3 is 2.58 bits per heavy atom. The molecule has 24 heavy (non-hydrogen) atoms. The van der Waals surface area contributed by atoms with Gasteiger partial charge in [0.1, 0.15) is 0 Å². The fourth-order valence-corrected chi connectivity index (χ4v) is 3.79. The van der Waals surface area contributed by atoms with Gasteiger partial charge < -0.3 is 15.1 Å². The van der Waals surface area contributed by atoms with Gasteiger partial charge in [0.05, 0.1) is 4.88 Å². The van der Waals surface area contributed by atoms with Gasteiger partial charge in [-0.1, -0.05) is 19.9 Å². The van der Waals surface area contributed by atoms with Gasteiger partial charge in [-0.3, -0.25) is 9.59 Å². The molecule has 1 N–H and O–H groups in total. The minimum atomic E-state index is 0.0471. The highest BCUT2D eigenvalue weighted by Gasteiger charge is 2.27. The number of carbonyl (C=O) groups is 2. The van der Waals surface area contributed by atoms with Crippen LogP contribution in [0, 0.1) is 5.92 Å². The van der Waals surface area contributed by atoms with Crippen molar-refractivity contribution in [2.45, 2.75) is 33.1 Å². The zero-order chi connectivity index (χ0) is 17.4. The Morgan fingerprint density at radius 1 is 1.29 bits per heavy atom. The van der Waals surface area contributed by atoms with Crippen molar-refractivity contribution < 1.29 is 9.59 Å². The second-order valence-electron chi connectivity index (χ2n) is 6.22. The van der Waals surface area contributed by atoms with Gasteiger partial charge in [-0.2, -0.15) is 0 Å². The molecule has 0 bridgehead atoms. The van der Waals surface area contributed by atoms with E-state index in [0.717, 1.165) is 50.3 Å². The van der Waals surface area contributed by atoms with Crippen molar-refractivity contribution in [3.8, 4) is 0 Å². The molecule has 0 saturated carbocycles. The Hall–Kier alpha value is -1.40. The lowest BCUT2D eigenvalue weighted by Gasteiger charge is -2.31. The number of carbonyl (C=O) groups excluding carboxylic acids is 2. The van der Waals surface area contributed by atoms with Crippen LogP contribution in [0.3, 0.4) is 0 Å². The van der Waals surface area contributed by atoms with Crippen LogP contribution in [0.25, 0.3) is 0 Å². The molecule has 5 nitrogen and oxygen atoms in total. The van der Waals surface area contributed by atoms with E-state index in [4.69, 9.17) is 0 Å². The van der Waals surface area contributed by atoms with Gasteiger partial charge in [0.25, 0.3) is 5.91 Å². The van der Waals surface area contributed by atoms with Crippen molar-refractivity contribution in [1.82, 2.24) is 15.1 Å². The molecule has 1 saturated heterocycles. The molecule has 0 unspecified atom stereocenters. The van der Waals surface area contributed by atoms with Gasteiger partial charge >= 0.3 is 0 Å². The maximum Gasteiger partial charge on any atom is 0.263 e. The molecule has 6 heteroatoms. The van der Waals surface area contributed by atoms with Crippen LogP contribution in [0.1, 0.15) is 42.8 Å². The zero-order valence-electron chi connectivity index (χ0n) is 14.8. The number of likely N-dealkylation sites (tertiary alicyclic amines) is 1. The molecule has 0 aromatic carbocycles. The van der Waals surface area contributed by atoms with Crippen LogP contribution in [-0.4, -0.2) is 60.9 Å². The van der Waals surface area contributed by atoms with Gasteiger partial charge in [-0.25, -0.2) is 0 Å². The largest absolute Gasteiger partial charge is 0.356 e. The predicted molar refractivity (Wildman–Crippen MR) is 98.4 cm³/mol. The summed E-state index contributed by atoms with van der Waals surface area (Å²) in [5.74, 6) is 0.298. The highest BCUT2D eigenvalue weighted by atomic mass is 32.1. The summed E-state index contributed by atoms with van der Waals surface area (Å²) in [6, 6.07) is 3.76. The van der Waals surface area contributed by atoms with Crippen molar-refractivity contribution in [2.24, 2.45) is 5.92 Å². The number of piperidine rings is 1. The second-order valence-corrected chi connectivity index (χ2v) is 7.16. The molecular weight excluding hydrogens is 322 g/mol. The highest BCUT2D eigenvalue weighted by Crippen LogP contribution is 2.20. The third-order valence-corrected chi connectivity index (χ3v) is 5.59. The van der Waals surface area contributed by atoms with Crippen LogP contribution in [0.2, 0.25) is 0 Å². The lowest BCUT2D eigenvalue weighted by Crippen LogP contribution is -2.43. The number of hydrogen-bond donors (Lipinski definition) is 1. The highest BCUT2D eigenvalue weighted by molar-refractivity contribution is 7.12. The van der Waals surface area contributed by atoms with Gasteiger partial charge in [0.15, 0.2) is 0 Å². The number of nitrogens with one attached hydrogen (secondary N) is 1. The topological polar surface area (TPSA) is 52.7 Å². The fraction of sp³-hybridized carbons (Fsp3) is 0.667. The number of rotatable bonds is 8. The molecule has 1 aromatic rings. The number of nitrogens with zero attached hydrogens (tertiary/aromatic N) is 2. The maximum atomic E-state index is 12.3. The Kier molecular flexibility index (Phi) is 7.72. The quantitative estimate of drug-likeness (QED) is 0.732. The summed E-state index contributed by atoms with van der Waals surface area (Å²) in [6.07, 6.45) is 2.51. The third kappa shape index (κ3) is 5.31. The monoisotopic (exact) mass is 351 g/mol. The summed E-state index contributed by atoms with van der Waals surface area (Å²) in [6.45, 7) is 9.55. The minimum Gasteiger partial charge on any atom is -0.356 e. The van der Waals surface area contributed by atoms with E-state index in [9.17, 15) is 9.59 Å². The molecule has 2 rings (SSSR count). The first-order valence-electron chi connectivity index (χ1n) is 8.98. The van der Waals surface area contributed by atoms with E-state index in [1.807, 2.05) is 22.4 Å². The molecule has 1 aliphatic rings. The molecule has 1 aromatic heterocycles. The van der Waals surface area contributed by atoms with Crippen LogP contribution in [0.4, 0.5) is 0 Å². The Morgan fingerprint density at radius 2 is 2.00 bits per heavy atom. The molecule has 1 aliphatic heterocycles. The van der Waals surface area contributed by atoms with Gasteiger partial charge in [-0.15, -0.1) is 11.3 Å². The summed E-state index contributed by atoms with van der Waals surface area (Å²) >= 11 is 1.48. The van der Waals surface area contributed by atoms with Crippen LogP contribution in [-0.2, 0) is 4.79 Å². The predicted octanol–water partition coefficient (Wildman–Crippen LogP) is 2.45. The Bertz CT molecular complexity index is 506. The fourth-order valence-electron chi connectivity index (χ4n) is 3.10. The lowest BCUT2D eigenvalue weighted by molar-refractivity contribution is -0.126. The van der Waals surface area contributed by atoms with Crippen molar-refractivity contribution in [3.63, 3.8) is 0 Å². The number of amides is 2. The van der Waals surface area contributed by atoms with E-state index in [1.54, 1.807) is 0 Å². The summed E-state index contributed by atoms with van der Waals surface area (Å²) in [7, 11) is 0. The van der Waals surface area contributed by atoms with Gasteiger partial charge in [0, 0.05) is 25.6 Å². The van der Waals surface area contributed by atoms with Crippen LogP contribution in [0.5, 0.6) is 0 Å². The summed E-state index contributed by atoms with van der Waals surface area (Å²) < 4.78 is 0. The Balaban J connectivity index is 1.66. The smallest absolute Gasteiger partial charge is 0.263 e. The Labute approximate surface area is 149 Å². The first kappa shape index (κ1) is 18.9. The van der Waals surface area contributed by atoms with E-state index in [2.05, 4.69) is 24.1 Å². The van der Waals surface area contributed by atoms with E-state index in [0.29, 0.717) is 13.1 Å². The molecule has 2 amide bonds. The van der Waals surface area contributed by atoms with E-state index < -0.39 is 0 Å². The van der Waals surface area contributed by atoms with Gasteiger partial charge in [0.2, 0.25) is 5.91 Å². The number of hydrogen-bond acceptors (Lipinski definition) is 4. The summed E-state index contributed by atoms with van der Waals surface area (Å²) in [5, 5.41) is 4.98. The first-order valence-corrected chi connectivity index (χ1v) is 9.86. The molecule has 0 spiro atoms. The summed E-state index contributed by atoms with van der Waals surface area (Å²) in [5.41, 5.74) is 0.